The van der Waals surface area contributed by atoms with Gasteiger partial charge in [0.1, 0.15) is 18.2 Å². The molecule has 6 heteroatoms. The van der Waals surface area contributed by atoms with E-state index in [2.05, 4.69) is 4.98 Å². The van der Waals surface area contributed by atoms with Gasteiger partial charge in [-0.25, -0.2) is 4.98 Å². The molecule has 0 unspecified atom stereocenters. The molecule has 0 spiro atoms. The number of imidazole rings is 1. The monoisotopic (exact) mass is 357 g/mol. The van der Waals surface area contributed by atoms with Gasteiger partial charge in [-0.1, -0.05) is 0 Å². The molecule has 140 valence electrons. The summed E-state index contributed by atoms with van der Waals surface area (Å²) in [6.07, 6.45) is 5.80. The average Bonchev–Trinajstić information content (AvgIpc) is 3.09. The van der Waals surface area contributed by atoms with Crippen LogP contribution in [0.3, 0.4) is 0 Å². The van der Waals surface area contributed by atoms with E-state index in [0.717, 1.165) is 50.7 Å². The van der Waals surface area contributed by atoms with Gasteiger partial charge in [0.15, 0.2) is 0 Å². The lowest BCUT2D eigenvalue weighted by Crippen LogP contribution is -2.41. The number of likely N-dealkylation sites (tertiary alicyclic amines) is 1. The molecule has 2 aromatic rings. The number of aryl methyl sites for hydroxylation is 1. The highest BCUT2D eigenvalue weighted by molar-refractivity contribution is 5.94. The minimum atomic E-state index is 0.0850. The second kappa shape index (κ2) is 8.85. The number of nitrogens with zero attached hydrogens (tertiary/aromatic N) is 3. The number of aromatic nitrogens is 2. The zero-order valence-electron chi connectivity index (χ0n) is 15.6. The predicted molar refractivity (Wildman–Crippen MR) is 99.1 cm³/mol. The number of amides is 1. The van der Waals surface area contributed by atoms with Gasteiger partial charge in [0.25, 0.3) is 5.91 Å². The summed E-state index contributed by atoms with van der Waals surface area (Å²) in [6.45, 7) is 5.46. The highest BCUT2D eigenvalue weighted by atomic mass is 16.5. The standard InChI is InChI=1S/C20H27N3O3/c1-3-25-14-16-5-4-11-23(13-16)20(24)17-6-8-18(9-7-17)26-15-19-21-10-12-22(19)2/h6-10,12,16H,3-5,11,13-15H2,1-2H3/t16-/m0/s1. The van der Waals surface area contributed by atoms with E-state index < -0.39 is 0 Å². The minimum absolute atomic E-state index is 0.0850. The van der Waals surface area contributed by atoms with E-state index in [1.54, 1.807) is 6.20 Å². The maximum absolute atomic E-state index is 12.8. The normalized spacial score (nSPS) is 17.3. The Balaban J connectivity index is 1.55. The van der Waals surface area contributed by atoms with Crippen molar-refractivity contribution >= 4 is 5.91 Å². The van der Waals surface area contributed by atoms with Gasteiger partial charge in [-0.15, -0.1) is 0 Å². The Morgan fingerprint density at radius 1 is 1.31 bits per heavy atom. The van der Waals surface area contributed by atoms with Crippen LogP contribution in [0.4, 0.5) is 0 Å². The largest absolute Gasteiger partial charge is 0.486 e. The Labute approximate surface area is 154 Å². The summed E-state index contributed by atoms with van der Waals surface area (Å²) in [4.78, 5) is 18.9. The smallest absolute Gasteiger partial charge is 0.253 e. The van der Waals surface area contributed by atoms with Gasteiger partial charge in [-0.2, -0.15) is 0 Å². The van der Waals surface area contributed by atoms with Gasteiger partial charge in [-0.05, 0) is 49.9 Å². The summed E-state index contributed by atoms with van der Waals surface area (Å²) in [5, 5.41) is 0. The molecular weight excluding hydrogens is 330 g/mol. The zero-order chi connectivity index (χ0) is 18.4. The van der Waals surface area contributed by atoms with Gasteiger partial charge in [-0.3, -0.25) is 4.79 Å². The summed E-state index contributed by atoms with van der Waals surface area (Å²) in [6, 6.07) is 7.36. The van der Waals surface area contributed by atoms with E-state index >= 15 is 0 Å². The second-order valence-corrected chi connectivity index (χ2v) is 6.69. The van der Waals surface area contributed by atoms with Crippen LogP contribution in [0.5, 0.6) is 5.75 Å². The van der Waals surface area contributed by atoms with Crippen molar-refractivity contribution in [1.29, 1.82) is 0 Å². The number of carbonyl (C=O) groups is 1. The molecule has 0 saturated carbocycles. The molecule has 1 aromatic heterocycles. The Bertz CT molecular complexity index is 711. The Hall–Kier alpha value is -2.34. The van der Waals surface area contributed by atoms with Crippen LogP contribution in [0, 0.1) is 5.92 Å². The number of carbonyl (C=O) groups excluding carboxylic acids is 1. The highest BCUT2D eigenvalue weighted by Crippen LogP contribution is 2.20. The summed E-state index contributed by atoms with van der Waals surface area (Å²) in [5.41, 5.74) is 0.700. The molecule has 1 aliphatic rings. The Morgan fingerprint density at radius 2 is 2.12 bits per heavy atom. The summed E-state index contributed by atoms with van der Waals surface area (Å²) in [7, 11) is 1.94. The summed E-state index contributed by atoms with van der Waals surface area (Å²) < 4.78 is 13.2. The molecule has 1 amide bonds. The van der Waals surface area contributed by atoms with E-state index in [9.17, 15) is 4.79 Å². The van der Waals surface area contributed by atoms with Gasteiger partial charge in [0.05, 0.1) is 6.61 Å². The molecule has 1 atom stereocenters. The second-order valence-electron chi connectivity index (χ2n) is 6.69. The van der Waals surface area contributed by atoms with E-state index in [1.165, 1.54) is 0 Å². The zero-order valence-corrected chi connectivity index (χ0v) is 15.6. The topological polar surface area (TPSA) is 56.6 Å². The molecule has 0 N–H and O–H groups in total. The van der Waals surface area contributed by atoms with Crippen LogP contribution >= 0.6 is 0 Å². The van der Waals surface area contributed by atoms with E-state index in [0.29, 0.717) is 18.1 Å². The molecule has 1 aliphatic heterocycles. The van der Waals surface area contributed by atoms with E-state index in [-0.39, 0.29) is 5.91 Å². The van der Waals surface area contributed by atoms with Crippen LogP contribution in [0.25, 0.3) is 0 Å². The molecule has 26 heavy (non-hydrogen) atoms. The summed E-state index contributed by atoms with van der Waals surface area (Å²) in [5.74, 6) is 2.12. The Kier molecular flexibility index (Phi) is 6.28. The quantitative estimate of drug-likeness (QED) is 0.765. The number of hydrogen-bond donors (Lipinski definition) is 0. The number of ether oxygens (including phenoxy) is 2. The SMILES string of the molecule is CCOC[C@H]1CCCN(C(=O)c2ccc(OCc3nccn3C)cc2)C1. The third kappa shape index (κ3) is 4.64. The van der Waals surface area contributed by atoms with Crippen molar-refractivity contribution in [2.75, 3.05) is 26.3 Å². The van der Waals surface area contributed by atoms with Gasteiger partial charge < -0.3 is 18.9 Å². The predicted octanol–water partition coefficient (Wildman–Crippen LogP) is 2.89. The van der Waals surface area contributed by atoms with E-state index in [4.69, 9.17) is 9.47 Å². The molecular formula is C20H27N3O3. The number of benzene rings is 1. The van der Waals surface area contributed by atoms with Crippen molar-refractivity contribution in [2.45, 2.75) is 26.4 Å². The van der Waals surface area contributed by atoms with Crippen LogP contribution in [0.1, 0.15) is 35.9 Å². The van der Waals surface area contributed by atoms with Crippen LogP contribution in [0.2, 0.25) is 0 Å². The fraction of sp³-hybridized carbons (Fsp3) is 0.500. The van der Waals surface area contributed by atoms with Crippen molar-refractivity contribution in [3.05, 3.63) is 48.0 Å². The minimum Gasteiger partial charge on any atom is -0.486 e. The molecule has 0 aliphatic carbocycles. The lowest BCUT2D eigenvalue weighted by molar-refractivity contribution is 0.0501. The van der Waals surface area contributed by atoms with Crippen molar-refractivity contribution < 1.29 is 14.3 Å². The van der Waals surface area contributed by atoms with Gasteiger partial charge in [0, 0.05) is 44.7 Å². The van der Waals surface area contributed by atoms with Crippen molar-refractivity contribution in [1.82, 2.24) is 14.5 Å². The molecule has 1 fully saturated rings. The maximum atomic E-state index is 12.8. The van der Waals surface area contributed by atoms with Crippen LogP contribution in [0.15, 0.2) is 36.7 Å². The third-order valence-electron chi connectivity index (χ3n) is 4.75. The number of rotatable bonds is 7. The summed E-state index contributed by atoms with van der Waals surface area (Å²) >= 11 is 0. The van der Waals surface area contributed by atoms with Crippen LogP contribution in [-0.4, -0.2) is 46.7 Å². The lowest BCUT2D eigenvalue weighted by atomic mass is 9.98. The average molecular weight is 357 g/mol. The Morgan fingerprint density at radius 3 is 2.81 bits per heavy atom. The fourth-order valence-electron chi connectivity index (χ4n) is 3.23. The highest BCUT2D eigenvalue weighted by Gasteiger charge is 2.24. The first-order valence-corrected chi connectivity index (χ1v) is 9.23. The van der Waals surface area contributed by atoms with Gasteiger partial charge in [0.2, 0.25) is 0 Å². The van der Waals surface area contributed by atoms with Crippen molar-refractivity contribution in [3.63, 3.8) is 0 Å². The maximum Gasteiger partial charge on any atom is 0.253 e. The number of piperidine rings is 1. The van der Waals surface area contributed by atoms with Crippen molar-refractivity contribution in [2.24, 2.45) is 13.0 Å². The van der Waals surface area contributed by atoms with Gasteiger partial charge >= 0.3 is 0 Å². The van der Waals surface area contributed by atoms with E-state index in [1.807, 2.05) is 53.9 Å². The first kappa shape index (κ1) is 18.5. The number of hydrogen-bond acceptors (Lipinski definition) is 4. The first-order chi connectivity index (χ1) is 12.7. The fourth-order valence-corrected chi connectivity index (χ4v) is 3.23. The first-order valence-electron chi connectivity index (χ1n) is 9.23. The van der Waals surface area contributed by atoms with Crippen LogP contribution < -0.4 is 4.74 Å². The molecule has 1 saturated heterocycles. The third-order valence-corrected chi connectivity index (χ3v) is 4.75. The molecule has 0 radical (unpaired) electrons. The molecule has 6 nitrogen and oxygen atoms in total. The molecule has 0 bridgehead atoms. The molecule has 1 aromatic carbocycles. The molecule has 2 heterocycles. The molecule has 3 rings (SSSR count). The lowest BCUT2D eigenvalue weighted by Gasteiger charge is -2.32. The van der Waals surface area contributed by atoms with Crippen molar-refractivity contribution in [3.8, 4) is 5.75 Å². The van der Waals surface area contributed by atoms with Crippen LogP contribution in [-0.2, 0) is 18.4 Å².